The molecule has 0 N–H and O–H groups in total. The van der Waals surface area contributed by atoms with Crippen LogP contribution in [0.1, 0.15) is 43.9 Å². The van der Waals surface area contributed by atoms with E-state index in [4.69, 9.17) is 11.6 Å². The Morgan fingerprint density at radius 2 is 1.85 bits per heavy atom. The fraction of sp³-hybridized carbons (Fsp3) is 0.500. The zero-order chi connectivity index (χ0) is 14.2. The molecule has 1 heterocycles. The smallest absolute Gasteiger partial charge is 0.150 e. The molecule has 0 radical (unpaired) electrons. The quantitative estimate of drug-likeness (QED) is 0.679. The molecule has 20 heavy (non-hydrogen) atoms. The van der Waals surface area contributed by atoms with Gasteiger partial charge in [-0.05, 0) is 24.8 Å². The van der Waals surface area contributed by atoms with Gasteiger partial charge in [-0.25, -0.2) is 4.68 Å². The van der Waals surface area contributed by atoms with E-state index in [2.05, 4.69) is 41.5 Å². The first-order valence-corrected chi connectivity index (χ1v) is 7.81. The van der Waals surface area contributed by atoms with Gasteiger partial charge in [0.25, 0.3) is 0 Å². The van der Waals surface area contributed by atoms with Crippen LogP contribution >= 0.6 is 11.6 Å². The second-order valence-electron chi connectivity index (χ2n) is 5.10. The van der Waals surface area contributed by atoms with Gasteiger partial charge in [-0.1, -0.05) is 73.3 Å². The van der Waals surface area contributed by atoms with Crippen molar-refractivity contribution in [1.29, 1.82) is 0 Å². The molecule has 0 bridgehead atoms. The average molecular weight is 292 g/mol. The summed E-state index contributed by atoms with van der Waals surface area (Å²) in [4.78, 5) is 0. The molecule has 4 heteroatoms. The molecule has 0 saturated heterocycles. The number of benzene rings is 1. The number of hydrogen-bond donors (Lipinski definition) is 0. The second-order valence-corrected chi connectivity index (χ2v) is 5.45. The van der Waals surface area contributed by atoms with Crippen LogP contribution in [0.4, 0.5) is 0 Å². The third kappa shape index (κ3) is 4.34. The summed E-state index contributed by atoms with van der Waals surface area (Å²) in [5, 5.41) is 9.08. The Bertz CT molecular complexity index is 508. The van der Waals surface area contributed by atoms with Crippen molar-refractivity contribution in [3.05, 3.63) is 46.7 Å². The molecule has 2 aromatic rings. The van der Waals surface area contributed by atoms with E-state index in [1.165, 1.54) is 24.8 Å². The van der Waals surface area contributed by atoms with Gasteiger partial charge in [0.2, 0.25) is 0 Å². The number of aryl methyl sites for hydroxylation is 3. The number of unbranched alkanes of at least 4 members (excludes halogenated alkanes) is 3. The van der Waals surface area contributed by atoms with Gasteiger partial charge in [-0.3, -0.25) is 0 Å². The van der Waals surface area contributed by atoms with Gasteiger partial charge in [0.15, 0.2) is 5.15 Å². The molecule has 0 aliphatic carbocycles. The molecular weight excluding hydrogens is 270 g/mol. The molecule has 2 rings (SSSR count). The van der Waals surface area contributed by atoms with Gasteiger partial charge < -0.3 is 0 Å². The molecule has 0 aliphatic heterocycles. The molecule has 1 aromatic heterocycles. The van der Waals surface area contributed by atoms with E-state index < -0.39 is 0 Å². The molecule has 0 amide bonds. The van der Waals surface area contributed by atoms with Crippen LogP contribution in [0.2, 0.25) is 5.15 Å². The first-order valence-electron chi connectivity index (χ1n) is 7.43. The van der Waals surface area contributed by atoms with Crippen LogP contribution in [-0.4, -0.2) is 15.0 Å². The van der Waals surface area contributed by atoms with Gasteiger partial charge in [-0.2, -0.15) is 0 Å². The molecule has 0 saturated carbocycles. The van der Waals surface area contributed by atoms with Crippen LogP contribution in [0, 0.1) is 0 Å². The van der Waals surface area contributed by atoms with Crippen molar-refractivity contribution < 1.29 is 0 Å². The summed E-state index contributed by atoms with van der Waals surface area (Å²) < 4.78 is 1.81. The Balaban J connectivity index is 1.85. The maximum atomic E-state index is 6.34. The third-order valence-corrected chi connectivity index (χ3v) is 3.87. The Labute approximate surface area is 126 Å². The van der Waals surface area contributed by atoms with Crippen molar-refractivity contribution in [1.82, 2.24) is 15.0 Å². The number of aromatic nitrogens is 3. The minimum Gasteiger partial charge on any atom is -0.233 e. The lowest BCUT2D eigenvalue weighted by molar-refractivity contribution is 0.589. The number of rotatable bonds is 8. The van der Waals surface area contributed by atoms with Gasteiger partial charge in [0.05, 0.1) is 0 Å². The van der Waals surface area contributed by atoms with Crippen molar-refractivity contribution in [2.45, 2.75) is 52.0 Å². The predicted molar refractivity (Wildman–Crippen MR) is 83.0 cm³/mol. The van der Waals surface area contributed by atoms with Crippen molar-refractivity contribution >= 4 is 11.6 Å². The highest BCUT2D eigenvalue weighted by Crippen LogP contribution is 2.16. The van der Waals surface area contributed by atoms with Crippen LogP contribution in [0.3, 0.4) is 0 Å². The zero-order valence-corrected chi connectivity index (χ0v) is 12.8. The van der Waals surface area contributed by atoms with Gasteiger partial charge in [0.1, 0.15) is 5.69 Å². The highest BCUT2D eigenvalue weighted by Gasteiger charge is 2.10. The number of hydrogen-bond acceptors (Lipinski definition) is 2. The summed E-state index contributed by atoms with van der Waals surface area (Å²) in [6.07, 6.45) is 6.77. The molecular formula is C16H22ClN3. The number of halogens is 1. The summed E-state index contributed by atoms with van der Waals surface area (Å²) >= 11 is 6.34. The minimum absolute atomic E-state index is 0.706. The van der Waals surface area contributed by atoms with E-state index >= 15 is 0 Å². The predicted octanol–water partition coefficient (Wildman–Crippen LogP) is 4.30. The Morgan fingerprint density at radius 1 is 1.05 bits per heavy atom. The van der Waals surface area contributed by atoms with Crippen LogP contribution in [0.15, 0.2) is 30.3 Å². The third-order valence-electron chi connectivity index (χ3n) is 3.46. The Hall–Kier alpha value is -1.35. The van der Waals surface area contributed by atoms with Crippen molar-refractivity contribution in [2.75, 3.05) is 0 Å². The van der Waals surface area contributed by atoms with Crippen molar-refractivity contribution in [2.24, 2.45) is 0 Å². The summed E-state index contributed by atoms with van der Waals surface area (Å²) in [7, 11) is 0. The van der Waals surface area contributed by atoms with Gasteiger partial charge in [-0.15, -0.1) is 5.10 Å². The zero-order valence-electron chi connectivity index (χ0n) is 12.1. The topological polar surface area (TPSA) is 30.7 Å². The Morgan fingerprint density at radius 3 is 2.60 bits per heavy atom. The van der Waals surface area contributed by atoms with E-state index in [0.717, 1.165) is 31.5 Å². The molecule has 0 aliphatic rings. The van der Waals surface area contributed by atoms with E-state index in [1.54, 1.807) is 0 Å². The first kappa shape index (κ1) is 15.0. The molecule has 108 valence electrons. The summed E-state index contributed by atoms with van der Waals surface area (Å²) in [5.74, 6) is 0. The van der Waals surface area contributed by atoms with Crippen molar-refractivity contribution in [3.8, 4) is 0 Å². The van der Waals surface area contributed by atoms with Crippen LogP contribution < -0.4 is 0 Å². The number of nitrogens with zero attached hydrogens (tertiary/aromatic N) is 3. The Kier molecular flexibility index (Phi) is 6.06. The lowest BCUT2D eigenvalue weighted by atomic mass is 10.1. The van der Waals surface area contributed by atoms with E-state index in [0.29, 0.717) is 5.15 Å². The molecule has 1 aromatic carbocycles. The standard InChI is InChI=1S/C16H22ClN3/c1-2-3-4-8-11-15-16(17)20(19-18-15)13-12-14-9-6-5-7-10-14/h5-7,9-10H,2-4,8,11-13H2,1H3. The normalized spacial score (nSPS) is 10.9. The fourth-order valence-electron chi connectivity index (χ4n) is 2.23. The van der Waals surface area contributed by atoms with Crippen LogP contribution in [0.25, 0.3) is 0 Å². The second kappa shape index (κ2) is 8.05. The highest BCUT2D eigenvalue weighted by atomic mass is 35.5. The van der Waals surface area contributed by atoms with E-state index in [9.17, 15) is 0 Å². The van der Waals surface area contributed by atoms with Crippen LogP contribution in [0.5, 0.6) is 0 Å². The lowest BCUT2D eigenvalue weighted by Crippen LogP contribution is -2.03. The summed E-state index contributed by atoms with van der Waals surface area (Å²) in [5.41, 5.74) is 2.24. The molecule has 0 unspecified atom stereocenters. The van der Waals surface area contributed by atoms with Gasteiger partial charge >= 0.3 is 0 Å². The molecule has 0 spiro atoms. The largest absolute Gasteiger partial charge is 0.233 e. The monoisotopic (exact) mass is 291 g/mol. The fourth-order valence-corrected chi connectivity index (χ4v) is 2.48. The minimum atomic E-state index is 0.706. The summed E-state index contributed by atoms with van der Waals surface area (Å²) in [6, 6.07) is 10.4. The SMILES string of the molecule is CCCCCCc1nnn(CCc2ccccc2)c1Cl. The molecule has 3 nitrogen and oxygen atoms in total. The van der Waals surface area contributed by atoms with Crippen molar-refractivity contribution in [3.63, 3.8) is 0 Å². The molecule has 0 fully saturated rings. The summed E-state index contributed by atoms with van der Waals surface area (Å²) in [6.45, 7) is 3.00. The maximum Gasteiger partial charge on any atom is 0.150 e. The molecule has 0 atom stereocenters. The lowest BCUT2D eigenvalue weighted by Gasteiger charge is -2.03. The first-order chi connectivity index (χ1) is 9.81. The average Bonchev–Trinajstić information content (AvgIpc) is 2.83. The highest BCUT2D eigenvalue weighted by molar-refractivity contribution is 6.30. The van der Waals surface area contributed by atoms with E-state index in [1.807, 2.05) is 10.7 Å². The van der Waals surface area contributed by atoms with Crippen LogP contribution in [-0.2, 0) is 19.4 Å². The van der Waals surface area contributed by atoms with Gasteiger partial charge in [0, 0.05) is 6.54 Å². The maximum absolute atomic E-state index is 6.34. The van der Waals surface area contributed by atoms with E-state index in [-0.39, 0.29) is 0 Å².